The average Bonchev–Trinajstić information content (AvgIpc) is 3.44. The van der Waals surface area contributed by atoms with Crippen molar-refractivity contribution in [1.82, 2.24) is 4.90 Å². The third kappa shape index (κ3) is 6.22. The molecule has 0 aliphatic carbocycles. The van der Waals surface area contributed by atoms with Crippen molar-refractivity contribution in [2.24, 2.45) is 11.8 Å². The van der Waals surface area contributed by atoms with Crippen molar-refractivity contribution >= 4 is 11.8 Å². The highest BCUT2D eigenvalue weighted by atomic mass is 19.1. The second-order valence-corrected chi connectivity index (χ2v) is 12.0. The topological polar surface area (TPSA) is 55.8 Å². The van der Waals surface area contributed by atoms with E-state index in [9.17, 15) is 14.0 Å². The monoisotopic (exact) mass is 543 g/mol. The van der Waals surface area contributed by atoms with E-state index in [1.54, 1.807) is 6.07 Å². The number of ether oxygens (including phenoxy) is 2. The summed E-state index contributed by atoms with van der Waals surface area (Å²) in [4.78, 5) is 27.7. The summed E-state index contributed by atoms with van der Waals surface area (Å²) in [6, 6.07) is 20.8. The number of rotatable bonds is 9. The molecule has 0 N–H and O–H groups in total. The van der Waals surface area contributed by atoms with Crippen LogP contribution in [0.3, 0.4) is 0 Å². The summed E-state index contributed by atoms with van der Waals surface area (Å²) in [6.45, 7) is 8.19. The largest absolute Gasteiger partial charge is 0.489 e. The minimum Gasteiger partial charge on any atom is -0.489 e. The molecule has 0 spiro atoms. The zero-order valence-corrected chi connectivity index (χ0v) is 23.8. The molecule has 2 aliphatic heterocycles. The Bertz CT molecular complexity index is 1370. The lowest BCUT2D eigenvalue weighted by Crippen LogP contribution is -2.44. The summed E-state index contributed by atoms with van der Waals surface area (Å²) in [5.74, 6) is 0.748. The second-order valence-electron chi connectivity index (χ2n) is 12.0. The molecule has 2 amide bonds. The first-order chi connectivity index (χ1) is 19.1. The van der Waals surface area contributed by atoms with Gasteiger partial charge in [-0.1, -0.05) is 56.3 Å². The summed E-state index contributed by atoms with van der Waals surface area (Å²) in [5.41, 5.74) is 3.45. The predicted molar refractivity (Wildman–Crippen MR) is 153 cm³/mol. The molecule has 1 fully saturated rings. The Balaban J connectivity index is 1.18. The minimum absolute atomic E-state index is 0.0560. The number of fused-ring (bicyclic) bond motifs is 1. The number of imide groups is 1. The Morgan fingerprint density at radius 1 is 1.07 bits per heavy atom. The highest BCUT2D eigenvalue weighted by molar-refractivity contribution is 5.98. The standard InChI is InChI=1S/C34H38FNO4/c1-22(23(2)33(38)36-29(12-15-31(36)37)17-24-8-6-5-7-9-24)16-25-10-13-30(14-11-25)39-21-27-19-28(35)18-26-20-34(3,4)40-32(26)27/h5-11,13-14,18-19,22-23,29H,12,15-17,20-21H2,1-4H3. The van der Waals surface area contributed by atoms with Crippen molar-refractivity contribution in [3.8, 4) is 11.5 Å². The highest BCUT2D eigenvalue weighted by Crippen LogP contribution is 2.39. The first kappa shape index (κ1) is 27.9. The van der Waals surface area contributed by atoms with Gasteiger partial charge in [-0.05, 0) is 74.4 Å². The molecule has 5 nitrogen and oxygen atoms in total. The van der Waals surface area contributed by atoms with E-state index in [0.717, 1.165) is 22.4 Å². The maximum absolute atomic E-state index is 14.2. The lowest BCUT2D eigenvalue weighted by atomic mass is 9.88. The van der Waals surface area contributed by atoms with Gasteiger partial charge in [-0.25, -0.2) is 4.39 Å². The fraction of sp³-hybridized carbons (Fsp3) is 0.412. The third-order valence-corrected chi connectivity index (χ3v) is 8.20. The van der Waals surface area contributed by atoms with Gasteiger partial charge in [0.05, 0.1) is 0 Å². The van der Waals surface area contributed by atoms with Gasteiger partial charge in [-0.2, -0.15) is 0 Å². The van der Waals surface area contributed by atoms with E-state index in [4.69, 9.17) is 9.47 Å². The molecule has 0 aromatic heterocycles. The fourth-order valence-electron chi connectivity index (χ4n) is 5.87. The summed E-state index contributed by atoms with van der Waals surface area (Å²) >= 11 is 0. The van der Waals surface area contributed by atoms with Crippen molar-refractivity contribution in [1.29, 1.82) is 0 Å². The Morgan fingerprint density at radius 2 is 1.80 bits per heavy atom. The normalized spacial score (nSPS) is 19.2. The summed E-state index contributed by atoms with van der Waals surface area (Å²) in [5, 5.41) is 0. The molecule has 3 unspecified atom stereocenters. The lowest BCUT2D eigenvalue weighted by Gasteiger charge is -2.28. The second kappa shape index (κ2) is 11.4. The smallest absolute Gasteiger partial charge is 0.232 e. The van der Waals surface area contributed by atoms with E-state index in [0.29, 0.717) is 43.4 Å². The maximum atomic E-state index is 14.2. The SMILES string of the molecule is CC(Cc1ccc(OCc2cc(F)cc3c2OC(C)(C)C3)cc1)C(C)C(=O)N1C(=O)CCC1Cc1ccccc1. The Kier molecular flexibility index (Phi) is 7.97. The molecule has 3 atom stereocenters. The first-order valence-corrected chi connectivity index (χ1v) is 14.2. The van der Waals surface area contributed by atoms with Gasteiger partial charge in [0, 0.05) is 35.9 Å². The summed E-state index contributed by atoms with van der Waals surface area (Å²) in [7, 11) is 0. The van der Waals surface area contributed by atoms with E-state index < -0.39 is 0 Å². The van der Waals surface area contributed by atoms with E-state index in [-0.39, 0.29) is 47.7 Å². The first-order valence-electron chi connectivity index (χ1n) is 14.2. The third-order valence-electron chi connectivity index (χ3n) is 8.20. The van der Waals surface area contributed by atoms with Crippen molar-refractivity contribution in [2.45, 2.75) is 78.0 Å². The molecule has 0 bridgehead atoms. The summed E-state index contributed by atoms with van der Waals surface area (Å²) < 4.78 is 26.2. The number of hydrogen-bond donors (Lipinski definition) is 0. The van der Waals surface area contributed by atoms with Crippen molar-refractivity contribution in [2.75, 3.05) is 0 Å². The minimum atomic E-state index is -0.355. The average molecular weight is 544 g/mol. The lowest BCUT2D eigenvalue weighted by molar-refractivity contribution is -0.147. The Morgan fingerprint density at radius 3 is 2.52 bits per heavy atom. The van der Waals surface area contributed by atoms with Gasteiger partial charge < -0.3 is 9.47 Å². The zero-order valence-electron chi connectivity index (χ0n) is 23.8. The number of hydrogen-bond acceptors (Lipinski definition) is 4. The van der Waals surface area contributed by atoms with Gasteiger partial charge in [0.1, 0.15) is 29.5 Å². The van der Waals surface area contributed by atoms with Crippen molar-refractivity contribution in [3.05, 3.63) is 94.8 Å². The molecule has 0 radical (unpaired) electrons. The van der Waals surface area contributed by atoms with Crippen molar-refractivity contribution < 1.29 is 23.5 Å². The van der Waals surface area contributed by atoms with Crippen LogP contribution in [0.15, 0.2) is 66.7 Å². The van der Waals surface area contributed by atoms with Gasteiger partial charge in [0.25, 0.3) is 0 Å². The highest BCUT2D eigenvalue weighted by Gasteiger charge is 2.39. The number of nitrogens with zero attached hydrogens (tertiary/aromatic N) is 1. The van der Waals surface area contributed by atoms with Crippen molar-refractivity contribution in [3.63, 3.8) is 0 Å². The van der Waals surface area contributed by atoms with Crippen LogP contribution >= 0.6 is 0 Å². The molecule has 3 aromatic rings. The number of halogens is 1. The van der Waals surface area contributed by atoms with Gasteiger partial charge in [0.2, 0.25) is 11.8 Å². The van der Waals surface area contributed by atoms with Crippen LogP contribution in [0.25, 0.3) is 0 Å². The molecule has 40 heavy (non-hydrogen) atoms. The van der Waals surface area contributed by atoms with Crippen LogP contribution in [-0.2, 0) is 35.5 Å². The molecule has 6 heteroatoms. The van der Waals surface area contributed by atoms with E-state index in [1.807, 2.05) is 75.4 Å². The molecule has 2 aliphatic rings. The van der Waals surface area contributed by atoms with Gasteiger partial charge >= 0.3 is 0 Å². The number of benzene rings is 3. The Hall–Kier alpha value is -3.67. The molecule has 2 heterocycles. The number of carbonyl (C=O) groups is 2. The molecular formula is C34H38FNO4. The van der Waals surface area contributed by atoms with Crippen LogP contribution in [-0.4, -0.2) is 28.4 Å². The number of carbonyl (C=O) groups excluding carboxylic acids is 2. The number of amides is 2. The van der Waals surface area contributed by atoms with Crippen LogP contribution in [0.5, 0.6) is 11.5 Å². The van der Waals surface area contributed by atoms with E-state index in [2.05, 4.69) is 6.92 Å². The quantitative estimate of drug-likeness (QED) is 0.302. The van der Waals surface area contributed by atoms with Crippen LogP contribution < -0.4 is 9.47 Å². The number of likely N-dealkylation sites (tertiary alicyclic amines) is 1. The zero-order chi connectivity index (χ0) is 28.4. The van der Waals surface area contributed by atoms with E-state index >= 15 is 0 Å². The summed E-state index contributed by atoms with van der Waals surface area (Å²) in [6.07, 6.45) is 3.21. The maximum Gasteiger partial charge on any atom is 0.232 e. The van der Waals surface area contributed by atoms with E-state index in [1.165, 1.54) is 11.0 Å². The predicted octanol–water partition coefficient (Wildman–Crippen LogP) is 6.69. The van der Waals surface area contributed by atoms with Crippen LogP contribution in [0, 0.1) is 17.7 Å². The molecule has 3 aromatic carbocycles. The van der Waals surface area contributed by atoms with Gasteiger partial charge in [-0.15, -0.1) is 0 Å². The molecular weight excluding hydrogens is 505 g/mol. The van der Waals surface area contributed by atoms with Gasteiger partial charge in [0.15, 0.2) is 0 Å². The van der Waals surface area contributed by atoms with Crippen LogP contribution in [0.1, 0.15) is 62.8 Å². The van der Waals surface area contributed by atoms with Crippen LogP contribution in [0.4, 0.5) is 4.39 Å². The molecule has 0 saturated carbocycles. The molecule has 210 valence electrons. The Labute approximate surface area is 236 Å². The molecule has 5 rings (SSSR count). The fourth-order valence-corrected chi connectivity index (χ4v) is 5.87. The van der Waals surface area contributed by atoms with Gasteiger partial charge in [-0.3, -0.25) is 14.5 Å². The van der Waals surface area contributed by atoms with Crippen LogP contribution in [0.2, 0.25) is 0 Å². The molecule has 1 saturated heterocycles.